The van der Waals surface area contributed by atoms with Crippen molar-refractivity contribution in [3.8, 4) is 0 Å². The lowest BCUT2D eigenvalue weighted by Crippen LogP contribution is -2.33. The highest BCUT2D eigenvalue weighted by Crippen LogP contribution is 2.16. The summed E-state index contributed by atoms with van der Waals surface area (Å²) in [5.41, 5.74) is 3.56. The first-order chi connectivity index (χ1) is 12.5. The summed E-state index contributed by atoms with van der Waals surface area (Å²) in [7, 11) is 0. The van der Waals surface area contributed by atoms with Crippen molar-refractivity contribution < 1.29 is 4.79 Å². The molecule has 4 rings (SSSR count). The summed E-state index contributed by atoms with van der Waals surface area (Å²) in [6.07, 6.45) is 2.86. The van der Waals surface area contributed by atoms with Gasteiger partial charge in [0.25, 0.3) is 17.2 Å². The van der Waals surface area contributed by atoms with Crippen molar-refractivity contribution >= 4 is 11.7 Å². The largest absolute Gasteiger partial charge is 0.347 e. The van der Waals surface area contributed by atoms with Crippen LogP contribution >= 0.6 is 0 Å². The second-order valence-corrected chi connectivity index (χ2v) is 6.47. The molecule has 3 aromatic rings. The summed E-state index contributed by atoms with van der Waals surface area (Å²) in [4.78, 5) is 32.8. The Morgan fingerprint density at radius 2 is 2.04 bits per heavy atom. The lowest BCUT2D eigenvalue weighted by atomic mass is 10.2. The van der Waals surface area contributed by atoms with Gasteiger partial charge in [-0.05, 0) is 44.7 Å². The van der Waals surface area contributed by atoms with E-state index in [2.05, 4.69) is 25.5 Å². The molecule has 0 radical (unpaired) electrons. The molecule has 9 nitrogen and oxygen atoms in total. The standard InChI is InChI=1S/C17H19N7O2/c1-10-8-11(2)24-17(19-10)20-15(22-24)16(26)18-6-7-23-14(25)9-12-4-3-5-13(12)21-23/h8-9H,3-7H2,1-2H3,(H,18,26). The van der Waals surface area contributed by atoms with Crippen LogP contribution in [0.25, 0.3) is 5.78 Å². The summed E-state index contributed by atoms with van der Waals surface area (Å²) >= 11 is 0. The van der Waals surface area contributed by atoms with E-state index in [4.69, 9.17) is 0 Å². The minimum atomic E-state index is -0.401. The van der Waals surface area contributed by atoms with E-state index in [1.54, 1.807) is 6.07 Å². The fourth-order valence-corrected chi connectivity index (χ4v) is 3.22. The van der Waals surface area contributed by atoms with E-state index >= 15 is 0 Å². The van der Waals surface area contributed by atoms with Crippen molar-refractivity contribution in [1.29, 1.82) is 0 Å². The van der Waals surface area contributed by atoms with Gasteiger partial charge in [-0.2, -0.15) is 10.1 Å². The molecule has 0 fully saturated rings. The summed E-state index contributed by atoms with van der Waals surface area (Å²) < 4.78 is 2.94. The third-order valence-corrected chi connectivity index (χ3v) is 4.45. The van der Waals surface area contributed by atoms with Crippen LogP contribution in [-0.4, -0.2) is 41.8 Å². The molecule has 0 aromatic carbocycles. The first-order valence-electron chi connectivity index (χ1n) is 8.60. The molecule has 9 heteroatoms. The number of fused-ring (bicyclic) bond motifs is 2. The third-order valence-electron chi connectivity index (χ3n) is 4.45. The van der Waals surface area contributed by atoms with Gasteiger partial charge < -0.3 is 5.32 Å². The van der Waals surface area contributed by atoms with Crippen LogP contribution in [0.4, 0.5) is 0 Å². The minimum Gasteiger partial charge on any atom is -0.347 e. The van der Waals surface area contributed by atoms with Crippen LogP contribution in [0.15, 0.2) is 16.9 Å². The van der Waals surface area contributed by atoms with Gasteiger partial charge in [0.1, 0.15) is 0 Å². The molecule has 0 atom stereocenters. The van der Waals surface area contributed by atoms with E-state index in [0.717, 1.165) is 41.9 Å². The van der Waals surface area contributed by atoms with Crippen LogP contribution in [0.2, 0.25) is 0 Å². The molecule has 0 aliphatic heterocycles. The predicted molar refractivity (Wildman–Crippen MR) is 93.1 cm³/mol. The molecule has 3 aromatic heterocycles. The van der Waals surface area contributed by atoms with Gasteiger partial charge in [0.2, 0.25) is 5.82 Å². The molecular weight excluding hydrogens is 334 g/mol. The Labute approximate surface area is 149 Å². The number of carbonyl (C=O) groups excluding carboxylic acids is 1. The van der Waals surface area contributed by atoms with Crippen LogP contribution < -0.4 is 10.9 Å². The Morgan fingerprint density at radius 1 is 1.19 bits per heavy atom. The Balaban J connectivity index is 1.45. The lowest BCUT2D eigenvalue weighted by molar-refractivity contribution is 0.0941. The van der Waals surface area contributed by atoms with Crippen LogP contribution in [-0.2, 0) is 19.4 Å². The Hall–Kier alpha value is -3.10. The molecule has 1 aliphatic rings. The van der Waals surface area contributed by atoms with Gasteiger partial charge in [0.05, 0.1) is 12.2 Å². The lowest BCUT2D eigenvalue weighted by Gasteiger charge is -2.07. The predicted octanol–water partition coefficient (Wildman–Crippen LogP) is 0.217. The SMILES string of the molecule is Cc1cc(C)n2nc(C(=O)NCCn3nc4c(cc3=O)CCC4)nc2n1. The second-order valence-electron chi connectivity index (χ2n) is 6.47. The maximum atomic E-state index is 12.3. The number of aromatic nitrogens is 6. The second kappa shape index (κ2) is 6.32. The molecule has 0 spiro atoms. The summed E-state index contributed by atoms with van der Waals surface area (Å²) in [5.74, 6) is 0.0476. The highest BCUT2D eigenvalue weighted by molar-refractivity contribution is 5.90. The Morgan fingerprint density at radius 3 is 2.88 bits per heavy atom. The number of nitrogens with zero attached hydrogens (tertiary/aromatic N) is 6. The summed E-state index contributed by atoms with van der Waals surface area (Å²) in [6, 6.07) is 3.52. The molecule has 0 saturated heterocycles. The number of carbonyl (C=O) groups is 1. The van der Waals surface area contributed by atoms with Gasteiger partial charge in [0, 0.05) is 24.0 Å². The molecule has 0 bridgehead atoms. The maximum absolute atomic E-state index is 12.3. The van der Waals surface area contributed by atoms with Crippen molar-refractivity contribution in [2.24, 2.45) is 0 Å². The molecule has 26 heavy (non-hydrogen) atoms. The number of hydrogen-bond donors (Lipinski definition) is 1. The Bertz CT molecular complexity index is 1070. The first kappa shape index (κ1) is 16.4. The van der Waals surface area contributed by atoms with Crippen LogP contribution in [0.1, 0.15) is 39.7 Å². The van der Waals surface area contributed by atoms with Gasteiger partial charge >= 0.3 is 0 Å². The first-order valence-corrected chi connectivity index (χ1v) is 8.60. The number of amides is 1. The van der Waals surface area contributed by atoms with Gasteiger partial charge in [-0.3, -0.25) is 9.59 Å². The van der Waals surface area contributed by atoms with Gasteiger partial charge in [0.15, 0.2) is 0 Å². The van der Waals surface area contributed by atoms with Crippen molar-refractivity contribution in [3.05, 3.63) is 51.0 Å². The highest BCUT2D eigenvalue weighted by Gasteiger charge is 2.16. The molecular formula is C17H19N7O2. The van der Waals surface area contributed by atoms with Crippen LogP contribution in [0, 0.1) is 13.8 Å². The fourth-order valence-electron chi connectivity index (χ4n) is 3.22. The number of nitrogens with one attached hydrogen (secondary N) is 1. The van der Waals surface area contributed by atoms with Gasteiger partial charge in [-0.25, -0.2) is 14.2 Å². The normalized spacial score (nSPS) is 13.2. The molecule has 3 heterocycles. The Kier molecular flexibility index (Phi) is 3.98. The zero-order valence-corrected chi connectivity index (χ0v) is 14.7. The van der Waals surface area contributed by atoms with Gasteiger partial charge in [-0.1, -0.05) is 0 Å². The topological polar surface area (TPSA) is 107 Å². The van der Waals surface area contributed by atoms with Crippen LogP contribution in [0.3, 0.4) is 0 Å². The molecule has 1 aliphatic carbocycles. The summed E-state index contributed by atoms with van der Waals surface area (Å²) in [6.45, 7) is 4.32. The molecule has 134 valence electrons. The average Bonchev–Trinajstić information content (AvgIpc) is 3.21. The van der Waals surface area contributed by atoms with E-state index in [0.29, 0.717) is 12.3 Å². The maximum Gasteiger partial charge on any atom is 0.291 e. The molecule has 1 N–H and O–H groups in total. The van der Waals surface area contributed by atoms with Crippen molar-refractivity contribution in [2.75, 3.05) is 6.54 Å². The molecule has 1 amide bonds. The van der Waals surface area contributed by atoms with E-state index in [1.807, 2.05) is 19.9 Å². The zero-order chi connectivity index (χ0) is 18.3. The number of aryl methyl sites for hydroxylation is 4. The smallest absolute Gasteiger partial charge is 0.291 e. The monoisotopic (exact) mass is 353 g/mol. The number of rotatable bonds is 4. The number of hydrogen-bond acceptors (Lipinski definition) is 6. The van der Waals surface area contributed by atoms with Gasteiger partial charge in [-0.15, -0.1) is 5.10 Å². The quantitative estimate of drug-likeness (QED) is 0.719. The zero-order valence-electron chi connectivity index (χ0n) is 14.7. The highest BCUT2D eigenvalue weighted by atomic mass is 16.2. The van der Waals surface area contributed by atoms with E-state index in [1.165, 1.54) is 9.20 Å². The fraction of sp³-hybridized carbons (Fsp3) is 0.412. The van der Waals surface area contributed by atoms with E-state index < -0.39 is 5.91 Å². The average molecular weight is 353 g/mol. The van der Waals surface area contributed by atoms with Crippen molar-refractivity contribution in [1.82, 2.24) is 34.7 Å². The van der Waals surface area contributed by atoms with Crippen LogP contribution in [0.5, 0.6) is 0 Å². The third kappa shape index (κ3) is 2.96. The van der Waals surface area contributed by atoms with E-state index in [9.17, 15) is 9.59 Å². The molecule has 0 saturated carbocycles. The van der Waals surface area contributed by atoms with Crippen molar-refractivity contribution in [3.63, 3.8) is 0 Å². The molecule has 0 unspecified atom stereocenters. The summed E-state index contributed by atoms with van der Waals surface area (Å²) in [5, 5.41) is 11.3. The van der Waals surface area contributed by atoms with Crippen molar-refractivity contribution in [2.45, 2.75) is 39.7 Å². The van der Waals surface area contributed by atoms with E-state index in [-0.39, 0.29) is 17.9 Å². The minimum absolute atomic E-state index is 0.0560.